The van der Waals surface area contributed by atoms with Crippen LogP contribution >= 0.6 is 22.6 Å². The zero-order valence-electron chi connectivity index (χ0n) is 19.3. The molecular weight excluding hydrogens is 571 g/mol. The van der Waals surface area contributed by atoms with Crippen molar-refractivity contribution in [2.24, 2.45) is 0 Å². The third kappa shape index (κ3) is 6.32. The van der Waals surface area contributed by atoms with Crippen molar-refractivity contribution in [2.75, 3.05) is 0 Å². The molecule has 0 aliphatic rings. The highest BCUT2D eigenvalue weighted by Crippen LogP contribution is 2.32. The lowest BCUT2D eigenvalue weighted by Crippen LogP contribution is -2.29. The molecule has 6 heteroatoms. The molecule has 0 N–H and O–H groups in total. The molecule has 0 aromatic heterocycles. The fourth-order valence-corrected chi connectivity index (χ4v) is 5.47. The first-order valence-electron chi connectivity index (χ1n) is 11.0. The summed E-state index contributed by atoms with van der Waals surface area (Å²) >= 11 is 2.00. The molecule has 4 aromatic rings. The summed E-state index contributed by atoms with van der Waals surface area (Å²) < 4.78 is 10.4. The number of rotatable bonds is 7. The van der Waals surface area contributed by atoms with Crippen LogP contribution in [0.5, 0.6) is 11.5 Å². The SMILES string of the molecule is CC(C)(I)C(=O)Oc1ccccc1C(=O)Oc1ccc([S+](c2ccccc2)c2ccccc2)cc1. The van der Waals surface area contributed by atoms with Crippen molar-refractivity contribution in [3.63, 3.8) is 0 Å². The predicted octanol–water partition coefficient (Wildman–Crippen LogP) is 7.12. The summed E-state index contributed by atoms with van der Waals surface area (Å²) in [5, 5.41) is 0. The van der Waals surface area contributed by atoms with Crippen LogP contribution < -0.4 is 9.47 Å². The molecule has 176 valence electrons. The van der Waals surface area contributed by atoms with Crippen LogP contribution in [0.3, 0.4) is 0 Å². The van der Waals surface area contributed by atoms with E-state index in [-0.39, 0.29) is 22.2 Å². The maximum Gasteiger partial charge on any atom is 0.347 e. The minimum absolute atomic E-state index is 0.179. The first-order valence-corrected chi connectivity index (χ1v) is 13.3. The lowest BCUT2D eigenvalue weighted by Gasteiger charge is -2.16. The molecule has 35 heavy (non-hydrogen) atoms. The average molecular weight is 595 g/mol. The third-order valence-electron chi connectivity index (χ3n) is 5.02. The number of carbonyl (C=O) groups excluding carboxylic acids is 2. The number of para-hydroxylation sites is 1. The van der Waals surface area contributed by atoms with E-state index in [4.69, 9.17) is 9.47 Å². The van der Waals surface area contributed by atoms with Crippen molar-refractivity contribution in [3.05, 3.63) is 115 Å². The Hall–Kier alpha value is -3.10. The first-order chi connectivity index (χ1) is 16.8. The minimum atomic E-state index is -0.723. The molecule has 0 heterocycles. The Morgan fingerprint density at radius 2 is 1.14 bits per heavy atom. The molecule has 0 radical (unpaired) electrons. The number of ether oxygens (including phenoxy) is 2. The number of benzene rings is 4. The van der Waals surface area contributed by atoms with Gasteiger partial charge in [-0.1, -0.05) is 71.1 Å². The summed E-state index contributed by atoms with van der Waals surface area (Å²) in [6.07, 6.45) is 0. The van der Waals surface area contributed by atoms with Gasteiger partial charge in [0.05, 0.1) is 10.9 Å². The largest absolute Gasteiger partial charge is 0.425 e. The number of alkyl halides is 1. The van der Waals surface area contributed by atoms with Crippen LogP contribution in [-0.2, 0) is 15.7 Å². The van der Waals surface area contributed by atoms with Crippen LogP contribution in [0.25, 0.3) is 0 Å². The molecule has 0 aliphatic carbocycles. The molecule has 0 amide bonds. The Labute approximate surface area is 221 Å². The summed E-state index contributed by atoms with van der Waals surface area (Å²) in [4.78, 5) is 28.8. The summed E-state index contributed by atoms with van der Waals surface area (Å²) in [6, 6.07) is 34.8. The van der Waals surface area contributed by atoms with Gasteiger partial charge in [-0.05, 0) is 74.5 Å². The highest BCUT2D eigenvalue weighted by molar-refractivity contribution is 14.1. The van der Waals surface area contributed by atoms with E-state index in [0.717, 1.165) is 4.90 Å². The highest BCUT2D eigenvalue weighted by atomic mass is 127. The molecule has 0 unspecified atom stereocenters. The summed E-state index contributed by atoms with van der Waals surface area (Å²) in [7, 11) is -0.289. The molecule has 0 aliphatic heterocycles. The molecule has 0 saturated carbocycles. The maximum atomic E-state index is 12.9. The number of hydrogen-bond donors (Lipinski definition) is 0. The van der Waals surface area contributed by atoms with E-state index in [1.165, 1.54) is 9.79 Å². The predicted molar refractivity (Wildman–Crippen MR) is 147 cm³/mol. The molecule has 0 spiro atoms. The standard InChI is InChI=1S/C29H24IO4S/c1-29(2,30)28(32)34-26-16-10-9-15-25(26)27(31)33-21-17-19-24(20-18-21)35(22-11-5-3-6-12-22)23-13-7-4-8-14-23/h3-20H,1-2H3/q+1. The average Bonchev–Trinajstić information content (AvgIpc) is 2.86. The molecular formula is C29H24IO4S+. The molecule has 0 bridgehead atoms. The van der Waals surface area contributed by atoms with E-state index in [9.17, 15) is 9.59 Å². The van der Waals surface area contributed by atoms with Gasteiger partial charge in [0.15, 0.2) is 14.7 Å². The van der Waals surface area contributed by atoms with Gasteiger partial charge < -0.3 is 9.47 Å². The number of halogens is 1. The van der Waals surface area contributed by atoms with Gasteiger partial charge in [-0.2, -0.15) is 0 Å². The second kappa shape index (κ2) is 11.1. The molecule has 4 rings (SSSR count). The Balaban J connectivity index is 1.56. The van der Waals surface area contributed by atoms with Crippen molar-refractivity contribution in [3.8, 4) is 11.5 Å². The van der Waals surface area contributed by atoms with E-state index in [1.54, 1.807) is 50.2 Å². The maximum absolute atomic E-state index is 12.9. The molecule has 0 saturated heterocycles. The van der Waals surface area contributed by atoms with Gasteiger partial charge in [-0.25, -0.2) is 4.79 Å². The monoisotopic (exact) mass is 595 g/mol. The molecule has 0 fully saturated rings. The van der Waals surface area contributed by atoms with Crippen LogP contribution in [0.2, 0.25) is 0 Å². The van der Waals surface area contributed by atoms with Gasteiger partial charge in [-0.3, -0.25) is 4.79 Å². The molecule has 0 atom stereocenters. The van der Waals surface area contributed by atoms with Crippen molar-refractivity contribution < 1.29 is 19.1 Å². The zero-order chi connectivity index (χ0) is 24.8. The minimum Gasteiger partial charge on any atom is -0.425 e. The second-order valence-electron chi connectivity index (χ2n) is 8.15. The van der Waals surface area contributed by atoms with E-state index < -0.39 is 15.4 Å². The van der Waals surface area contributed by atoms with Crippen molar-refractivity contribution >= 4 is 45.4 Å². The summed E-state index contributed by atoms with van der Waals surface area (Å²) in [6.45, 7) is 3.49. The van der Waals surface area contributed by atoms with Gasteiger partial charge >= 0.3 is 11.9 Å². The quantitative estimate of drug-likeness (QED) is 0.0751. The third-order valence-corrected chi connectivity index (χ3v) is 7.69. The van der Waals surface area contributed by atoms with E-state index in [1.807, 2.05) is 71.1 Å². The van der Waals surface area contributed by atoms with Crippen LogP contribution in [0.15, 0.2) is 124 Å². The van der Waals surface area contributed by atoms with Gasteiger partial charge in [0.2, 0.25) is 0 Å². The lowest BCUT2D eigenvalue weighted by molar-refractivity contribution is -0.135. The number of carbonyl (C=O) groups is 2. The fraction of sp³-hybridized carbons (Fsp3) is 0.103. The summed E-state index contributed by atoms with van der Waals surface area (Å²) in [5.74, 6) is -0.425. The van der Waals surface area contributed by atoms with Gasteiger partial charge in [-0.15, -0.1) is 0 Å². The van der Waals surface area contributed by atoms with Crippen LogP contribution in [0.4, 0.5) is 0 Å². The Bertz CT molecular complexity index is 1260. The zero-order valence-corrected chi connectivity index (χ0v) is 22.3. The van der Waals surface area contributed by atoms with Crippen LogP contribution in [0.1, 0.15) is 24.2 Å². The van der Waals surface area contributed by atoms with E-state index in [2.05, 4.69) is 24.3 Å². The van der Waals surface area contributed by atoms with Crippen molar-refractivity contribution in [1.29, 1.82) is 0 Å². The van der Waals surface area contributed by atoms with Gasteiger partial charge in [0.1, 0.15) is 20.5 Å². The first kappa shape index (κ1) is 25.0. The second-order valence-corrected chi connectivity index (χ2v) is 12.9. The van der Waals surface area contributed by atoms with E-state index in [0.29, 0.717) is 5.75 Å². The van der Waals surface area contributed by atoms with Crippen LogP contribution in [-0.4, -0.2) is 15.4 Å². The molecule has 4 nitrogen and oxygen atoms in total. The normalized spacial score (nSPS) is 11.2. The number of esters is 2. The van der Waals surface area contributed by atoms with Gasteiger partial charge in [0.25, 0.3) is 0 Å². The topological polar surface area (TPSA) is 52.6 Å². The lowest BCUT2D eigenvalue weighted by atomic mass is 10.2. The molecule has 4 aromatic carbocycles. The highest BCUT2D eigenvalue weighted by Gasteiger charge is 2.29. The van der Waals surface area contributed by atoms with E-state index >= 15 is 0 Å². The number of hydrogen-bond acceptors (Lipinski definition) is 4. The van der Waals surface area contributed by atoms with Crippen molar-refractivity contribution in [2.45, 2.75) is 32.0 Å². The van der Waals surface area contributed by atoms with Crippen LogP contribution in [0, 0.1) is 0 Å². The Morgan fingerprint density at radius 3 is 1.69 bits per heavy atom. The van der Waals surface area contributed by atoms with Gasteiger partial charge in [0, 0.05) is 0 Å². The smallest absolute Gasteiger partial charge is 0.347 e. The Kier molecular flexibility index (Phi) is 7.93. The summed E-state index contributed by atoms with van der Waals surface area (Å²) in [5.41, 5.74) is 0.193. The van der Waals surface area contributed by atoms with Crippen molar-refractivity contribution in [1.82, 2.24) is 0 Å². The fourth-order valence-electron chi connectivity index (χ4n) is 3.27. The Morgan fingerprint density at radius 1 is 0.657 bits per heavy atom.